The van der Waals surface area contributed by atoms with E-state index in [2.05, 4.69) is 6.92 Å². The van der Waals surface area contributed by atoms with Crippen LogP contribution in [-0.2, 0) is 9.59 Å². The SMILES string of the molecule is CCCC(CCCC(CCC)C(CC)(CCC)C(=O)O)C(=O)O. The normalized spacial score (nSPS) is 16.5. The van der Waals surface area contributed by atoms with Gasteiger partial charge < -0.3 is 10.2 Å². The van der Waals surface area contributed by atoms with Crippen LogP contribution in [0.25, 0.3) is 0 Å². The van der Waals surface area contributed by atoms with Gasteiger partial charge in [0.1, 0.15) is 0 Å². The molecule has 4 heteroatoms. The molecular weight excluding hydrogens is 292 g/mol. The molecule has 0 saturated carbocycles. The van der Waals surface area contributed by atoms with Crippen molar-refractivity contribution in [2.75, 3.05) is 0 Å². The lowest BCUT2D eigenvalue weighted by Gasteiger charge is -2.37. The second-order valence-electron chi connectivity index (χ2n) is 6.81. The fourth-order valence-corrected chi connectivity index (χ4v) is 3.94. The number of carboxylic acid groups (broad SMARTS) is 2. The minimum absolute atomic E-state index is 0.144. The van der Waals surface area contributed by atoms with E-state index in [9.17, 15) is 19.8 Å². The lowest BCUT2D eigenvalue weighted by Crippen LogP contribution is -2.38. The lowest BCUT2D eigenvalue weighted by molar-refractivity contribution is -0.154. The van der Waals surface area contributed by atoms with E-state index in [1.165, 1.54) is 0 Å². The quantitative estimate of drug-likeness (QED) is 0.450. The van der Waals surface area contributed by atoms with Crippen molar-refractivity contribution in [1.29, 1.82) is 0 Å². The number of hydrogen-bond acceptors (Lipinski definition) is 2. The largest absolute Gasteiger partial charge is 0.481 e. The highest BCUT2D eigenvalue weighted by Crippen LogP contribution is 2.42. The topological polar surface area (TPSA) is 74.6 Å². The Balaban J connectivity index is 4.94. The average molecular weight is 328 g/mol. The lowest BCUT2D eigenvalue weighted by atomic mass is 9.66. The van der Waals surface area contributed by atoms with Crippen molar-refractivity contribution in [3.8, 4) is 0 Å². The van der Waals surface area contributed by atoms with Gasteiger partial charge in [0.15, 0.2) is 0 Å². The summed E-state index contributed by atoms with van der Waals surface area (Å²) in [6, 6.07) is 0. The van der Waals surface area contributed by atoms with Crippen molar-refractivity contribution in [2.24, 2.45) is 17.3 Å². The third kappa shape index (κ3) is 6.52. The van der Waals surface area contributed by atoms with Crippen LogP contribution in [-0.4, -0.2) is 22.2 Å². The first-order valence-electron chi connectivity index (χ1n) is 9.35. The number of hydrogen-bond donors (Lipinski definition) is 2. The summed E-state index contributed by atoms with van der Waals surface area (Å²) < 4.78 is 0. The maximum Gasteiger partial charge on any atom is 0.309 e. The molecule has 0 heterocycles. The zero-order chi connectivity index (χ0) is 17.9. The van der Waals surface area contributed by atoms with Crippen molar-refractivity contribution < 1.29 is 19.8 Å². The molecule has 0 aromatic rings. The van der Waals surface area contributed by atoms with Crippen LogP contribution in [0.3, 0.4) is 0 Å². The van der Waals surface area contributed by atoms with Crippen LogP contribution in [0.15, 0.2) is 0 Å². The van der Waals surface area contributed by atoms with E-state index in [-0.39, 0.29) is 11.8 Å². The summed E-state index contributed by atoms with van der Waals surface area (Å²) in [5, 5.41) is 19.1. The first kappa shape index (κ1) is 21.9. The summed E-state index contributed by atoms with van der Waals surface area (Å²) in [5.74, 6) is -1.53. The number of carboxylic acids is 2. The molecule has 136 valence electrons. The minimum Gasteiger partial charge on any atom is -0.481 e. The van der Waals surface area contributed by atoms with Crippen LogP contribution in [0.2, 0.25) is 0 Å². The second-order valence-corrected chi connectivity index (χ2v) is 6.81. The molecule has 23 heavy (non-hydrogen) atoms. The van der Waals surface area contributed by atoms with Crippen LogP contribution >= 0.6 is 0 Å². The van der Waals surface area contributed by atoms with Crippen molar-refractivity contribution in [1.82, 2.24) is 0 Å². The Bertz CT molecular complexity index is 353. The fraction of sp³-hybridized carbons (Fsp3) is 0.895. The molecule has 0 aromatic heterocycles. The highest BCUT2D eigenvalue weighted by Gasteiger charge is 2.42. The standard InChI is InChI=1S/C19H36O4/c1-5-10-15(17(20)21)12-9-13-16(11-6-2)19(8-4,14-7-3)18(22)23/h15-16H,5-14H2,1-4H3,(H,20,21)(H,22,23). The Hall–Kier alpha value is -1.06. The minimum atomic E-state index is -0.715. The molecule has 3 unspecified atom stereocenters. The van der Waals surface area contributed by atoms with Gasteiger partial charge >= 0.3 is 11.9 Å². The predicted octanol–water partition coefficient (Wildman–Crippen LogP) is 5.36. The van der Waals surface area contributed by atoms with E-state index >= 15 is 0 Å². The predicted molar refractivity (Wildman–Crippen MR) is 93.6 cm³/mol. The van der Waals surface area contributed by atoms with Gasteiger partial charge in [-0.25, -0.2) is 0 Å². The summed E-state index contributed by atoms with van der Waals surface area (Å²) in [5.41, 5.74) is -0.645. The van der Waals surface area contributed by atoms with Gasteiger partial charge in [0.05, 0.1) is 11.3 Å². The molecule has 0 aliphatic heterocycles. The van der Waals surface area contributed by atoms with Crippen molar-refractivity contribution >= 4 is 11.9 Å². The third-order valence-electron chi connectivity index (χ3n) is 5.26. The molecule has 2 N–H and O–H groups in total. The van der Waals surface area contributed by atoms with Crippen molar-refractivity contribution in [3.63, 3.8) is 0 Å². The number of rotatable bonds is 14. The van der Waals surface area contributed by atoms with Gasteiger partial charge in [-0.3, -0.25) is 9.59 Å². The summed E-state index contributed by atoms with van der Waals surface area (Å²) in [6.07, 6.45) is 7.98. The van der Waals surface area contributed by atoms with Crippen LogP contribution in [0.1, 0.15) is 91.9 Å². The van der Waals surface area contributed by atoms with E-state index in [0.717, 1.165) is 38.5 Å². The molecule has 0 aliphatic carbocycles. The fourth-order valence-electron chi connectivity index (χ4n) is 3.94. The number of aliphatic carboxylic acids is 2. The van der Waals surface area contributed by atoms with Crippen LogP contribution in [0, 0.1) is 17.3 Å². The average Bonchev–Trinajstić information content (AvgIpc) is 2.50. The van der Waals surface area contributed by atoms with Gasteiger partial charge in [0, 0.05) is 0 Å². The highest BCUT2D eigenvalue weighted by molar-refractivity contribution is 5.75. The summed E-state index contributed by atoms with van der Waals surface area (Å²) in [6.45, 7) is 8.11. The molecule has 0 saturated heterocycles. The highest BCUT2D eigenvalue weighted by atomic mass is 16.4. The Morgan fingerprint density at radius 2 is 1.48 bits per heavy atom. The van der Waals surface area contributed by atoms with E-state index in [0.29, 0.717) is 25.7 Å². The third-order valence-corrected chi connectivity index (χ3v) is 5.26. The summed E-state index contributed by atoms with van der Waals surface area (Å²) in [4.78, 5) is 23.2. The Morgan fingerprint density at radius 1 is 0.870 bits per heavy atom. The van der Waals surface area contributed by atoms with Gasteiger partial charge in [-0.15, -0.1) is 0 Å². The van der Waals surface area contributed by atoms with Gasteiger partial charge in [0.2, 0.25) is 0 Å². The molecule has 0 rings (SSSR count). The van der Waals surface area contributed by atoms with E-state index < -0.39 is 17.4 Å². The zero-order valence-electron chi connectivity index (χ0n) is 15.4. The summed E-state index contributed by atoms with van der Waals surface area (Å²) in [7, 11) is 0. The molecule has 0 aromatic carbocycles. The van der Waals surface area contributed by atoms with E-state index in [4.69, 9.17) is 0 Å². The molecule has 0 spiro atoms. The van der Waals surface area contributed by atoms with Gasteiger partial charge in [-0.2, -0.15) is 0 Å². The van der Waals surface area contributed by atoms with Crippen molar-refractivity contribution in [3.05, 3.63) is 0 Å². The zero-order valence-corrected chi connectivity index (χ0v) is 15.4. The van der Waals surface area contributed by atoms with E-state index in [1.807, 2.05) is 20.8 Å². The maximum atomic E-state index is 12.0. The molecule has 0 aliphatic rings. The van der Waals surface area contributed by atoms with Crippen LogP contribution < -0.4 is 0 Å². The Morgan fingerprint density at radius 3 is 1.87 bits per heavy atom. The molecule has 0 bridgehead atoms. The first-order chi connectivity index (χ1) is 10.9. The van der Waals surface area contributed by atoms with Gasteiger partial charge in [0.25, 0.3) is 0 Å². The van der Waals surface area contributed by atoms with Gasteiger partial charge in [-0.05, 0) is 44.4 Å². The van der Waals surface area contributed by atoms with E-state index in [1.54, 1.807) is 0 Å². The van der Waals surface area contributed by atoms with Crippen LogP contribution in [0.4, 0.5) is 0 Å². The second kappa shape index (κ2) is 11.5. The molecule has 0 amide bonds. The summed E-state index contributed by atoms with van der Waals surface area (Å²) >= 11 is 0. The molecule has 3 atom stereocenters. The molecule has 4 nitrogen and oxygen atoms in total. The number of carbonyl (C=O) groups is 2. The smallest absolute Gasteiger partial charge is 0.309 e. The molecular formula is C19H36O4. The van der Waals surface area contributed by atoms with Crippen LogP contribution in [0.5, 0.6) is 0 Å². The Labute approximate surface area is 141 Å². The first-order valence-corrected chi connectivity index (χ1v) is 9.35. The molecule has 0 fully saturated rings. The maximum absolute atomic E-state index is 12.0. The van der Waals surface area contributed by atoms with Crippen molar-refractivity contribution in [2.45, 2.75) is 91.9 Å². The monoisotopic (exact) mass is 328 g/mol. The Kier molecular flexibility index (Phi) is 10.9. The molecule has 0 radical (unpaired) electrons. The van der Waals surface area contributed by atoms with Gasteiger partial charge in [-0.1, -0.05) is 53.4 Å².